The normalized spacial score (nSPS) is 10.8. The lowest BCUT2D eigenvalue weighted by Crippen LogP contribution is -2.16. The molecule has 2 rings (SSSR count). The first kappa shape index (κ1) is 12.8. The van der Waals surface area contributed by atoms with E-state index in [-0.39, 0.29) is 0 Å². The fourth-order valence-corrected chi connectivity index (χ4v) is 2.06. The fourth-order valence-electron chi connectivity index (χ4n) is 2.06. The van der Waals surface area contributed by atoms with E-state index in [4.69, 9.17) is 4.98 Å². The molecule has 0 spiro atoms. The van der Waals surface area contributed by atoms with Gasteiger partial charge in [-0.15, -0.1) is 0 Å². The highest BCUT2D eigenvalue weighted by molar-refractivity contribution is 5.91. The fraction of sp³-hybridized carbons (Fsp3) is 0.400. The van der Waals surface area contributed by atoms with Crippen LogP contribution in [-0.2, 0) is 6.54 Å². The molecule has 2 aromatic rings. The number of fused-ring (bicyclic) bond motifs is 1. The quantitative estimate of drug-likeness (QED) is 0.818. The predicted octanol–water partition coefficient (Wildman–Crippen LogP) is 2.80. The van der Waals surface area contributed by atoms with E-state index in [0.717, 1.165) is 30.7 Å². The number of pyridine rings is 1. The number of nitrogens with one attached hydrogen (secondary N) is 1. The van der Waals surface area contributed by atoms with Crippen LogP contribution in [0.1, 0.15) is 19.0 Å². The summed E-state index contributed by atoms with van der Waals surface area (Å²) in [4.78, 5) is 6.85. The predicted molar refractivity (Wildman–Crippen MR) is 78.1 cm³/mol. The number of anilines is 1. The summed E-state index contributed by atoms with van der Waals surface area (Å²) in [5, 5.41) is 4.61. The average molecular weight is 243 g/mol. The Labute approximate surface area is 109 Å². The maximum atomic E-state index is 4.70. The highest BCUT2D eigenvalue weighted by Gasteiger charge is 2.06. The third-order valence-corrected chi connectivity index (χ3v) is 2.96. The van der Waals surface area contributed by atoms with Crippen molar-refractivity contribution in [3.05, 3.63) is 36.0 Å². The van der Waals surface area contributed by atoms with E-state index in [1.54, 1.807) is 0 Å². The van der Waals surface area contributed by atoms with Crippen molar-refractivity contribution in [1.29, 1.82) is 0 Å². The van der Waals surface area contributed by atoms with Gasteiger partial charge >= 0.3 is 0 Å². The van der Waals surface area contributed by atoms with E-state index >= 15 is 0 Å². The molecule has 0 radical (unpaired) electrons. The third-order valence-electron chi connectivity index (χ3n) is 2.96. The molecule has 1 aromatic carbocycles. The number of benzene rings is 1. The lowest BCUT2D eigenvalue weighted by Gasteiger charge is -2.17. The second kappa shape index (κ2) is 5.83. The zero-order valence-corrected chi connectivity index (χ0v) is 11.4. The molecule has 0 aliphatic rings. The molecule has 0 atom stereocenters. The minimum atomic E-state index is 0.833. The monoisotopic (exact) mass is 243 g/mol. The van der Waals surface area contributed by atoms with Gasteiger partial charge in [0.2, 0.25) is 0 Å². The largest absolute Gasteiger partial charge is 0.377 e. The maximum Gasteiger partial charge on any atom is 0.0726 e. The number of aromatic nitrogens is 1. The van der Waals surface area contributed by atoms with Crippen molar-refractivity contribution in [3.8, 4) is 0 Å². The molecule has 0 aliphatic carbocycles. The second-order valence-electron chi connectivity index (χ2n) is 4.72. The van der Waals surface area contributed by atoms with E-state index in [9.17, 15) is 0 Å². The third kappa shape index (κ3) is 2.79. The van der Waals surface area contributed by atoms with E-state index in [2.05, 4.69) is 55.5 Å². The summed E-state index contributed by atoms with van der Waals surface area (Å²) >= 11 is 0. The first-order valence-electron chi connectivity index (χ1n) is 6.49. The highest BCUT2D eigenvalue weighted by atomic mass is 15.1. The summed E-state index contributed by atoms with van der Waals surface area (Å²) in [7, 11) is 4.15. The van der Waals surface area contributed by atoms with Gasteiger partial charge in [0.1, 0.15) is 0 Å². The van der Waals surface area contributed by atoms with E-state index in [0.29, 0.717) is 0 Å². The SMILES string of the molecule is CCCNCc1cc(N(C)C)c2ccccc2n1. The highest BCUT2D eigenvalue weighted by Crippen LogP contribution is 2.25. The smallest absolute Gasteiger partial charge is 0.0726 e. The van der Waals surface area contributed by atoms with Crippen LogP contribution in [0, 0.1) is 0 Å². The Morgan fingerprint density at radius 3 is 2.72 bits per heavy atom. The summed E-state index contributed by atoms with van der Waals surface area (Å²) in [6.45, 7) is 4.04. The van der Waals surface area contributed by atoms with Crippen molar-refractivity contribution < 1.29 is 0 Å². The molecule has 3 heteroatoms. The van der Waals surface area contributed by atoms with Crippen LogP contribution in [0.3, 0.4) is 0 Å². The van der Waals surface area contributed by atoms with Crippen molar-refractivity contribution in [2.45, 2.75) is 19.9 Å². The van der Waals surface area contributed by atoms with E-state index in [1.165, 1.54) is 11.1 Å². The number of nitrogens with zero attached hydrogens (tertiary/aromatic N) is 2. The van der Waals surface area contributed by atoms with Crippen molar-refractivity contribution in [2.24, 2.45) is 0 Å². The molecule has 3 nitrogen and oxygen atoms in total. The van der Waals surface area contributed by atoms with Crippen LogP contribution in [0.15, 0.2) is 30.3 Å². The van der Waals surface area contributed by atoms with Crippen molar-refractivity contribution in [1.82, 2.24) is 10.3 Å². The van der Waals surface area contributed by atoms with Crippen molar-refractivity contribution >= 4 is 16.6 Å². The molecule has 96 valence electrons. The standard InChI is InChI=1S/C15H21N3/c1-4-9-16-11-12-10-15(18(2)3)13-7-5-6-8-14(13)17-12/h5-8,10,16H,4,9,11H2,1-3H3. The summed E-state index contributed by atoms with van der Waals surface area (Å²) in [5.41, 5.74) is 3.40. The van der Waals surface area contributed by atoms with Gasteiger partial charge in [-0.25, -0.2) is 0 Å². The molecule has 0 saturated carbocycles. The Bertz CT molecular complexity index is 520. The van der Waals surface area contributed by atoms with Crippen LogP contribution >= 0.6 is 0 Å². The van der Waals surface area contributed by atoms with Gasteiger partial charge in [-0.2, -0.15) is 0 Å². The Hall–Kier alpha value is -1.61. The van der Waals surface area contributed by atoms with Crippen LogP contribution < -0.4 is 10.2 Å². The first-order chi connectivity index (χ1) is 8.72. The topological polar surface area (TPSA) is 28.2 Å². The van der Waals surface area contributed by atoms with Gasteiger partial charge in [-0.1, -0.05) is 25.1 Å². The average Bonchev–Trinajstić information content (AvgIpc) is 2.38. The Balaban J connectivity index is 2.38. The van der Waals surface area contributed by atoms with Crippen LogP contribution in [0.25, 0.3) is 10.9 Å². The molecule has 1 heterocycles. The lowest BCUT2D eigenvalue weighted by atomic mass is 10.1. The molecule has 0 saturated heterocycles. The molecule has 0 unspecified atom stereocenters. The molecule has 0 amide bonds. The Kier molecular flexibility index (Phi) is 4.15. The van der Waals surface area contributed by atoms with Crippen molar-refractivity contribution in [3.63, 3.8) is 0 Å². The molecule has 18 heavy (non-hydrogen) atoms. The zero-order valence-electron chi connectivity index (χ0n) is 11.4. The van der Waals surface area contributed by atoms with Gasteiger partial charge < -0.3 is 10.2 Å². The van der Waals surface area contributed by atoms with E-state index in [1.807, 2.05) is 6.07 Å². The van der Waals surface area contributed by atoms with Crippen LogP contribution in [0.4, 0.5) is 5.69 Å². The van der Waals surface area contributed by atoms with Crippen LogP contribution in [0.5, 0.6) is 0 Å². The zero-order chi connectivity index (χ0) is 13.0. The van der Waals surface area contributed by atoms with Gasteiger partial charge in [0.15, 0.2) is 0 Å². The molecule has 0 aliphatic heterocycles. The van der Waals surface area contributed by atoms with Gasteiger partial charge in [0, 0.05) is 31.7 Å². The van der Waals surface area contributed by atoms with Gasteiger partial charge in [0.05, 0.1) is 11.2 Å². The van der Waals surface area contributed by atoms with Crippen molar-refractivity contribution in [2.75, 3.05) is 25.5 Å². The number of para-hydroxylation sites is 1. The number of rotatable bonds is 5. The van der Waals surface area contributed by atoms with Crippen LogP contribution in [-0.4, -0.2) is 25.6 Å². The summed E-state index contributed by atoms with van der Waals surface area (Å²) in [5.74, 6) is 0. The minimum Gasteiger partial charge on any atom is -0.377 e. The number of hydrogen-bond acceptors (Lipinski definition) is 3. The summed E-state index contributed by atoms with van der Waals surface area (Å²) < 4.78 is 0. The summed E-state index contributed by atoms with van der Waals surface area (Å²) in [6.07, 6.45) is 1.15. The number of hydrogen-bond donors (Lipinski definition) is 1. The minimum absolute atomic E-state index is 0.833. The van der Waals surface area contributed by atoms with Crippen LogP contribution in [0.2, 0.25) is 0 Å². The summed E-state index contributed by atoms with van der Waals surface area (Å²) in [6, 6.07) is 10.5. The Morgan fingerprint density at radius 2 is 2.00 bits per heavy atom. The molecule has 0 bridgehead atoms. The van der Waals surface area contributed by atoms with Gasteiger partial charge in [-0.3, -0.25) is 4.98 Å². The first-order valence-corrected chi connectivity index (χ1v) is 6.49. The van der Waals surface area contributed by atoms with Gasteiger partial charge in [-0.05, 0) is 25.1 Å². The Morgan fingerprint density at radius 1 is 1.22 bits per heavy atom. The van der Waals surface area contributed by atoms with E-state index < -0.39 is 0 Å². The maximum absolute atomic E-state index is 4.70. The molecular formula is C15H21N3. The molecule has 1 aromatic heterocycles. The van der Waals surface area contributed by atoms with Gasteiger partial charge in [0.25, 0.3) is 0 Å². The second-order valence-corrected chi connectivity index (χ2v) is 4.72. The molecule has 1 N–H and O–H groups in total. The molecule has 0 fully saturated rings. The lowest BCUT2D eigenvalue weighted by molar-refractivity contribution is 0.666. The molecular weight excluding hydrogens is 222 g/mol.